The van der Waals surface area contributed by atoms with Crippen LogP contribution in [0.15, 0.2) is 48.5 Å². The van der Waals surface area contributed by atoms with Gasteiger partial charge in [0.2, 0.25) is 0 Å². The van der Waals surface area contributed by atoms with Crippen LogP contribution in [0.3, 0.4) is 0 Å². The van der Waals surface area contributed by atoms with Crippen molar-refractivity contribution in [3.05, 3.63) is 59.7 Å². The number of nitrogens with one attached hydrogen (secondary N) is 3. The number of thiocarbonyl (C=S) groups is 1. The number of para-hydroxylation sites is 1. The molecule has 0 atom stereocenters. The van der Waals surface area contributed by atoms with Crippen LogP contribution in [-0.4, -0.2) is 29.9 Å². The summed E-state index contributed by atoms with van der Waals surface area (Å²) in [7, 11) is 0. The van der Waals surface area contributed by atoms with E-state index in [1.54, 1.807) is 6.92 Å². The molecule has 0 bridgehead atoms. The summed E-state index contributed by atoms with van der Waals surface area (Å²) in [5.74, 6) is 0.930. The average Bonchev–Trinajstić information content (AvgIpc) is 2.83. The van der Waals surface area contributed by atoms with Crippen LogP contribution in [0.4, 0.5) is 5.69 Å². The highest BCUT2D eigenvalue weighted by molar-refractivity contribution is 7.80. The van der Waals surface area contributed by atoms with Gasteiger partial charge in [0.1, 0.15) is 17.1 Å². The molecule has 34 heavy (non-hydrogen) atoms. The summed E-state index contributed by atoms with van der Waals surface area (Å²) in [6.07, 6.45) is 7.54. The Morgan fingerprint density at radius 2 is 1.94 bits per heavy atom. The Labute approximate surface area is 205 Å². The average molecular weight is 482 g/mol. The number of hydrogen-bond acceptors (Lipinski definition) is 6. The molecule has 1 heterocycles. The number of carbonyl (C=O) groups is 1. The van der Waals surface area contributed by atoms with Crippen molar-refractivity contribution in [3.8, 4) is 11.5 Å². The summed E-state index contributed by atoms with van der Waals surface area (Å²) in [5, 5.41) is 3.68. The van der Waals surface area contributed by atoms with E-state index in [1.165, 1.54) is 6.42 Å². The van der Waals surface area contributed by atoms with E-state index in [4.69, 9.17) is 26.4 Å². The third-order valence-electron chi connectivity index (χ3n) is 6.03. The Morgan fingerprint density at radius 1 is 1.15 bits per heavy atom. The first kappa shape index (κ1) is 23.9. The van der Waals surface area contributed by atoms with Gasteiger partial charge in [0, 0.05) is 11.3 Å². The topological polar surface area (TPSA) is 80.9 Å². The molecule has 2 aliphatic rings. The fraction of sp³-hybridized carbons (Fsp3) is 0.385. The molecule has 1 aliphatic carbocycles. The second-order valence-corrected chi connectivity index (χ2v) is 8.96. The summed E-state index contributed by atoms with van der Waals surface area (Å²) in [5.41, 5.74) is 9.80. The summed E-state index contributed by atoms with van der Waals surface area (Å²) < 4.78 is 17.1. The van der Waals surface area contributed by atoms with E-state index in [9.17, 15) is 4.79 Å². The van der Waals surface area contributed by atoms with Gasteiger partial charge in [-0.1, -0.05) is 24.6 Å². The third kappa shape index (κ3) is 5.80. The van der Waals surface area contributed by atoms with Crippen molar-refractivity contribution >= 4 is 34.7 Å². The quantitative estimate of drug-likeness (QED) is 0.294. The number of hydrogen-bond donors (Lipinski definition) is 3. The second kappa shape index (κ2) is 10.8. The van der Waals surface area contributed by atoms with E-state index in [1.807, 2.05) is 49.4 Å². The van der Waals surface area contributed by atoms with Crippen LogP contribution in [0.1, 0.15) is 50.2 Å². The molecule has 4 rings (SSSR count). The Bertz CT molecular complexity index is 1080. The highest BCUT2D eigenvalue weighted by Crippen LogP contribution is 2.43. The summed E-state index contributed by atoms with van der Waals surface area (Å²) in [6.45, 7) is 3.97. The molecular weight excluding hydrogens is 450 g/mol. The van der Waals surface area contributed by atoms with Gasteiger partial charge in [-0.3, -0.25) is 10.9 Å². The molecule has 0 radical (unpaired) electrons. The van der Waals surface area contributed by atoms with Gasteiger partial charge in [0.15, 0.2) is 11.7 Å². The number of anilines is 1. The number of fused-ring (bicyclic) bond motifs is 1. The van der Waals surface area contributed by atoms with E-state index in [2.05, 4.69) is 22.2 Å². The van der Waals surface area contributed by atoms with Gasteiger partial charge in [0.25, 0.3) is 0 Å². The summed E-state index contributed by atoms with van der Waals surface area (Å²) in [6, 6.07) is 13.5. The molecule has 8 heteroatoms. The van der Waals surface area contributed by atoms with Crippen LogP contribution < -0.4 is 25.6 Å². The first-order chi connectivity index (χ1) is 16.5. The summed E-state index contributed by atoms with van der Waals surface area (Å²) in [4.78, 5) is 11.7. The minimum absolute atomic E-state index is 0.146. The van der Waals surface area contributed by atoms with Gasteiger partial charge in [-0.15, -0.1) is 0 Å². The fourth-order valence-corrected chi connectivity index (χ4v) is 4.48. The van der Waals surface area contributed by atoms with Gasteiger partial charge in [0.05, 0.1) is 12.3 Å². The number of benzene rings is 2. The lowest BCUT2D eigenvalue weighted by molar-refractivity contribution is -0.145. The molecule has 1 spiro atoms. The normalized spacial score (nSPS) is 15.9. The molecular formula is C26H31N3O4S. The highest BCUT2D eigenvalue weighted by atomic mass is 32.1. The maximum Gasteiger partial charge on any atom is 0.344 e. The molecule has 0 aromatic heterocycles. The number of rotatable bonds is 7. The molecule has 0 unspecified atom stereocenters. The van der Waals surface area contributed by atoms with Crippen LogP contribution in [-0.2, 0) is 9.53 Å². The molecule has 1 aliphatic heterocycles. The molecule has 0 saturated heterocycles. The van der Waals surface area contributed by atoms with Crippen LogP contribution >= 0.6 is 12.2 Å². The zero-order valence-electron chi connectivity index (χ0n) is 19.6. The molecule has 3 N–H and O–H groups in total. The van der Waals surface area contributed by atoms with E-state index in [0.717, 1.165) is 53.9 Å². The minimum Gasteiger partial charge on any atom is -0.482 e. The summed E-state index contributed by atoms with van der Waals surface area (Å²) >= 11 is 5.51. The Balaban J connectivity index is 1.52. The minimum atomic E-state index is -0.402. The maximum atomic E-state index is 11.7. The second-order valence-electron chi connectivity index (χ2n) is 8.56. The number of hydrazine groups is 1. The van der Waals surface area contributed by atoms with Crippen molar-refractivity contribution in [1.82, 2.24) is 10.9 Å². The van der Waals surface area contributed by atoms with Crippen LogP contribution in [0.5, 0.6) is 11.5 Å². The Kier molecular flexibility index (Phi) is 7.57. The van der Waals surface area contributed by atoms with E-state index < -0.39 is 5.97 Å². The van der Waals surface area contributed by atoms with Gasteiger partial charge in [-0.05, 0) is 87.7 Å². The lowest BCUT2D eigenvalue weighted by atomic mass is 9.82. The molecule has 1 saturated carbocycles. The third-order valence-corrected chi connectivity index (χ3v) is 6.23. The van der Waals surface area contributed by atoms with E-state index in [0.29, 0.717) is 17.5 Å². The van der Waals surface area contributed by atoms with Gasteiger partial charge in [-0.2, -0.15) is 0 Å². The fourth-order valence-electron chi connectivity index (χ4n) is 4.32. The maximum absolute atomic E-state index is 11.7. The number of aryl methyl sites for hydroxylation is 1. The molecule has 0 amide bonds. The highest BCUT2D eigenvalue weighted by Gasteiger charge is 2.37. The molecule has 1 fully saturated rings. The van der Waals surface area contributed by atoms with Gasteiger partial charge in [-0.25, -0.2) is 4.79 Å². The standard InChI is InChI=1S/C26H31N3O4S/c1-3-31-24(30)17-32-19-11-12-23-20(15-19)22(16-26(33-23)13-7-4-8-14-26)28-29-25(34)27-21-10-6-5-9-18(21)2/h5-6,9-12,15-16,28H,3-4,7-8,13-14,17H2,1-2H3,(H2,27,29,34). The predicted molar refractivity (Wildman–Crippen MR) is 137 cm³/mol. The Morgan fingerprint density at radius 3 is 2.71 bits per heavy atom. The predicted octanol–water partition coefficient (Wildman–Crippen LogP) is 4.86. The Hall–Kier alpha value is -3.26. The van der Waals surface area contributed by atoms with Crippen LogP contribution in [0.2, 0.25) is 0 Å². The molecule has 7 nitrogen and oxygen atoms in total. The van der Waals surface area contributed by atoms with E-state index in [-0.39, 0.29) is 12.2 Å². The number of ether oxygens (including phenoxy) is 3. The first-order valence-corrected chi connectivity index (χ1v) is 12.1. The van der Waals surface area contributed by atoms with Crippen molar-refractivity contribution in [2.75, 3.05) is 18.5 Å². The van der Waals surface area contributed by atoms with Gasteiger partial charge >= 0.3 is 5.97 Å². The van der Waals surface area contributed by atoms with Crippen molar-refractivity contribution in [2.24, 2.45) is 0 Å². The molecule has 2 aromatic rings. The largest absolute Gasteiger partial charge is 0.482 e. The van der Waals surface area contributed by atoms with Crippen molar-refractivity contribution < 1.29 is 19.0 Å². The van der Waals surface area contributed by atoms with E-state index >= 15 is 0 Å². The zero-order chi connectivity index (χ0) is 24.0. The number of carbonyl (C=O) groups excluding carboxylic acids is 1. The van der Waals surface area contributed by atoms with Crippen molar-refractivity contribution in [3.63, 3.8) is 0 Å². The molecule has 2 aromatic carbocycles. The first-order valence-electron chi connectivity index (χ1n) is 11.7. The lowest BCUT2D eigenvalue weighted by Gasteiger charge is -2.39. The lowest BCUT2D eigenvalue weighted by Crippen LogP contribution is -2.44. The van der Waals surface area contributed by atoms with Gasteiger partial charge < -0.3 is 19.5 Å². The van der Waals surface area contributed by atoms with Crippen molar-refractivity contribution in [1.29, 1.82) is 0 Å². The SMILES string of the molecule is CCOC(=O)COc1ccc2c(c1)C(NNC(=S)Nc1ccccc1C)=CC1(CCCCC1)O2. The van der Waals surface area contributed by atoms with Crippen molar-refractivity contribution in [2.45, 2.75) is 51.6 Å². The number of esters is 1. The zero-order valence-corrected chi connectivity index (χ0v) is 20.4. The molecule has 180 valence electrons. The monoisotopic (exact) mass is 481 g/mol. The van der Waals surface area contributed by atoms with Crippen LogP contribution in [0.25, 0.3) is 5.70 Å². The smallest absolute Gasteiger partial charge is 0.344 e. The van der Waals surface area contributed by atoms with Crippen LogP contribution in [0, 0.1) is 6.92 Å².